The van der Waals surface area contributed by atoms with Crippen molar-refractivity contribution in [2.45, 2.75) is 43.8 Å². The summed E-state index contributed by atoms with van der Waals surface area (Å²) in [7, 11) is 0. The first-order valence-electron chi connectivity index (χ1n) is 9.28. The van der Waals surface area contributed by atoms with Crippen LogP contribution in [0.1, 0.15) is 37.8 Å². The largest absolute Gasteiger partial charge is 0.344 e. The standard InChI is InChI=1S/C19H21N5O2S2/c1-2-3-12-4-6-13(7-5-12)15-10-27-17(20-15)21-16(25)11-28-19-23-22-18(26)24(19)14-8-9-14/h4-7,10,14H,2-3,8-9,11H2,1H3,(H,22,26)(H,20,21,25). The van der Waals surface area contributed by atoms with Crippen LogP contribution in [0.25, 0.3) is 11.3 Å². The highest BCUT2D eigenvalue weighted by Crippen LogP contribution is 2.36. The Morgan fingerprint density at radius 2 is 2.14 bits per heavy atom. The van der Waals surface area contributed by atoms with E-state index in [9.17, 15) is 9.59 Å². The molecule has 0 unspecified atom stereocenters. The summed E-state index contributed by atoms with van der Waals surface area (Å²) in [5.74, 6) is 0.0134. The number of aromatic nitrogens is 4. The lowest BCUT2D eigenvalue weighted by Crippen LogP contribution is -2.17. The molecule has 1 fully saturated rings. The Morgan fingerprint density at radius 1 is 1.36 bits per heavy atom. The molecule has 28 heavy (non-hydrogen) atoms. The van der Waals surface area contributed by atoms with Gasteiger partial charge in [-0.15, -0.1) is 16.4 Å². The van der Waals surface area contributed by atoms with Crippen molar-refractivity contribution in [3.05, 3.63) is 45.7 Å². The Morgan fingerprint density at radius 3 is 2.86 bits per heavy atom. The molecule has 1 aliphatic carbocycles. The predicted molar refractivity (Wildman–Crippen MR) is 112 cm³/mol. The molecule has 9 heteroatoms. The average Bonchev–Trinajstić information content (AvgIpc) is 3.30. The number of aromatic amines is 1. The smallest absolute Gasteiger partial charge is 0.301 e. The van der Waals surface area contributed by atoms with Gasteiger partial charge in [0.1, 0.15) is 0 Å². The second kappa shape index (κ2) is 8.32. The molecule has 3 aromatic rings. The molecule has 0 aliphatic heterocycles. The third kappa shape index (κ3) is 4.36. The normalized spacial score (nSPS) is 13.6. The van der Waals surface area contributed by atoms with Crippen molar-refractivity contribution in [2.75, 3.05) is 11.1 Å². The van der Waals surface area contributed by atoms with Crippen LogP contribution in [-0.4, -0.2) is 31.4 Å². The van der Waals surface area contributed by atoms with E-state index in [-0.39, 0.29) is 23.4 Å². The van der Waals surface area contributed by atoms with E-state index in [1.54, 1.807) is 4.57 Å². The van der Waals surface area contributed by atoms with E-state index < -0.39 is 0 Å². The first-order chi connectivity index (χ1) is 13.6. The van der Waals surface area contributed by atoms with E-state index in [1.165, 1.54) is 28.7 Å². The maximum Gasteiger partial charge on any atom is 0.344 e. The van der Waals surface area contributed by atoms with Gasteiger partial charge in [0.2, 0.25) is 5.91 Å². The number of H-pyrrole nitrogens is 1. The Hall–Kier alpha value is -2.39. The van der Waals surface area contributed by atoms with Gasteiger partial charge < -0.3 is 5.32 Å². The van der Waals surface area contributed by atoms with E-state index in [1.807, 2.05) is 5.38 Å². The molecule has 7 nitrogen and oxygen atoms in total. The summed E-state index contributed by atoms with van der Waals surface area (Å²) in [5.41, 5.74) is 3.00. The van der Waals surface area contributed by atoms with Crippen LogP contribution in [0.15, 0.2) is 39.6 Å². The number of aryl methyl sites for hydroxylation is 1. The quantitative estimate of drug-likeness (QED) is 0.547. The molecule has 1 saturated carbocycles. The van der Waals surface area contributed by atoms with Gasteiger partial charge in [-0.1, -0.05) is 49.4 Å². The maximum absolute atomic E-state index is 12.3. The summed E-state index contributed by atoms with van der Waals surface area (Å²) >= 11 is 2.66. The molecule has 1 aliphatic rings. The van der Waals surface area contributed by atoms with E-state index in [0.717, 1.165) is 36.9 Å². The fourth-order valence-corrected chi connectivity index (χ4v) is 4.48. The second-order valence-corrected chi connectivity index (χ2v) is 8.53. The molecule has 0 radical (unpaired) electrons. The van der Waals surface area contributed by atoms with Crippen LogP contribution in [-0.2, 0) is 11.2 Å². The van der Waals surface area contributed by atoms with Gasteiger partial charge in [0.25, 0.3) is 0 Å². The molecule has 0 atom stereocenters. The zero-order valence-electron chi connectivity index (χ0n) is 15.5. The van der Waals surface area contributed by atoms with Crippen molar-refractivity contribution in [1.82, 2.24) is 19.7 Å². The Labute approximate surface area is 170 Å². The summed E-state index contributed by atoms with van der Waals surface area (Å²) in [6.07, 6.45) is 4.17. The van der Waals surface area contributed by atoms with Crippen molar-refractivity contribution >= 4 is 34.1 Å². The summed E-state index contributed by atoms with van der Waals surface area (Å²) in [4.78, 5) is 28.5. The molecule has 4 rings (SSSR count). The third-order valence-corrected chi connectivity index (χ3v) is 6.17. The molecule has 2 heterocycles. The lowest BCUT2D eigenvalue weighted by Gasteiger charge is -2.03. The van der Waals surface area contributed by atoms with Crippen LogP contribution < -0.4 is 11.0 Å². The van der Waals surface area contributed by atoms with Gasteiger partial charge in [-0.3, -0.25) is 9.36 Å². The number of thioether (sulfide) groups is 1. The number of thiazole rings is 1. The Kier molecular flexibility index (Phi) is 5.63. The molecule has 1 amide bonds. The van der Waals surface area contributed by atoms with E-state index in [2.05, 4.69) is 51.7 Å². The first-order valence-corrected chi connectivity index (χ1v) is 11.1. The van der Waals surface area contributed by atoms with Gasteiger partial charge in [0.15, 0.2) is 10.3 Å². The van der Waals surface area contributed by atoms with E-state index in [0.29, 0.717) is 10.3 Å². The Bertz CT molecular complexity index is 1020. The van der Waals surface area contributed by atoms with Crippen molar-refractivity contribution in [3.8, 4) is 11.3 Å². The summed E-state index contributed by atoms with van der Waals surface area (Å²) in [5, 5.41) is 12.4. The highest BCUT2D eigenvalue weighted by atomic mass is 32.2. The number of rotatable bonds is 8. The molecule has 0 saturated heterocycles. The lowest BCUT2D eigenvalue weighted by molar-refractivity contribution is -0.113. The molecular weight excluding hydrogens is 394 g/mol. The first kappa shape index (κ1) is 18.9. The number of benzene rings is 1. The van der Waals surface area contributed by atoms with Gasteiger partial charge in [-0.05, 0) is 24.8 Å². The lowest BCUT2D eigenvalue weighted by atomic mass is 10.1. The minimum absolute atomic E-state index is 0.165. The van der Waals surface area contributed by atoms with Crippen LogP contribution in [0.2, 0.25) is 0 Å². The van der Waals surface area contributed by atoms with Gasteiger partial charge in [0, 0.05) is 17.0 Å². The minimum Gasteiger partial charge on any atom is -0.301 e. The number of nitrogens with one attached hydrogen (secondary N) is 2. The molecule has 2 N–H and O–H groups in total. The van der Waals surface area contributed by atoms with Crippen molar-refractivity contribution in [2.24, 2.45) is 0 Å². The van der Waals surface area contributed by atoms with Gasteiger partial charge in [-0.25, -0.2) is 14.9 Å². The zero-order chi connectivity index (χ0) is 19.5. The average molecular weight is 416 g/mol. The minimum atomic E-state index is -0.208. The highest BCUT2D eigenvalue weighted by Gasteiger charge is 2.28. The zero-order valence-corrected chi connectivity index (χ0v) is 17.1. The molecule has 0 spiro atoms. The molecule has 1 aromatic carbocycles. The fraction of sp³-hybridized carbons (Fsp3) is 0.368. The Balaban J connectivity index is 1.34. The molecule has 2 aromatic heterocycles. The SMILES string of the molecule is CCCc1ccc(-c2csc(NC(=O)CSc3n[nH]c(=O)n3C3CC3)n2)cc1. The third-order valence-electron chi connectivity index (χ3n) is 4.46. The van der Waals surface area contributed by atoms with Crippen LogP contribution in [0.4, 0.5) is 5.13 Å². The number of carbonyl (C=O) groups is 1. The van der Waals surface area contributed by atoms with Crippen LogP contribution in [0.3, 0.4) is 0 Å². The van der Waals surface area contributed by atoms with Crippen molar-refractivity contribution < 1.29 is 4.79 Å². The number of amides is 1. The number of hydrogen-bond acceptors (Lipinski definition) is 6. The highest BCUT2D eigenvalue weighted by molar-refractivity contribution is 7.99. The predicted octanol–water partition coefficient (Wildman–Crippen LogP) is 3.71. The van der Waals surface area contributed by atoms with Crippen molar-refractivity contribution in [3.63, 3.8) is 0 Å². The second-order valence-electron chi connectivity index (χ2n) is 6.73. The monoisotopic (exact) mass is 415 g/mol. The topological polar surface area (TPSA) is 92.7 Å². The number of nitrogens with zero attached hydrogens (tertiary/aromatic N) is 3. The summed E-state index contributed by atoms with van der Waals surface area (Å²) in [6, 6.07) is 8.60. The number of carbonyl (C=O) groups excluding carboxylic acids is 1. The van der Waals surface area contributed by atoms with Gasteiger partial charge in [0.05, 0.1) is 11.4 Å². The van der Waals surface area contributed by atoms with Crippen LogP contribution in [0, 0.1) is 0 Å². The maximum atomic E-state index is 12.3. The van der Waals surface area contributed by atoms with Crippen LogP contribution in [0.5, 0.6) is 0 Å². The number of hydrogen-bond donors (Lipinski definition) is 2. The fourth-order valence-electron chi connectivity index (χ4n) is 2.93. The summed E-state index contributed by atoms with van der Waals surface area (Å²) in [6.45, 7) is 2.17. The molecule has 0 bridgehead atoms. The molecule has 146 valence electrons. The van der Waals surface area contributed by atoms with Gasteiger partial charge >= 0.3 is 5.69 Å². The summed E-state index contributed by atoms with van der Waals surface area (Å²) < 4.78 is 1.64. The van der Waals surface area contributed by atoms with E-state index >= 15 is 0 Å². The van der Waals surface area contributed by atoms with Crippen molar-refractivity contribution in [1.29, 1.82) is 0 Å². The van der Waals surface area contributed by atoms with Gasteiger partial charge in [-0.2, -0.15) is 0 Å². The van der Waals surface area contributed by atoms with Crippen LogP contribution >= 0.6 is 23.1 Å². The number of anilines is 1. The van der Waals surface area contributed by atoms with E-state index in [4.69, 9.17) is 0 Å². The molecular formula is C19H21N5O2S2.